The molecule has 1 rings (SSSR count). The van der Waals surface area contributed by atoms with Crippen molar-refractivity contribution in [2.45, 2.75) is 20.4 Å². The van der Waals surface area contributed by atoms with Crippen LogP contribution in [0.4, 0.5) is 0 Å². The van der Waals surface area contributed by atoms with E-state index < -0.39 is 0 Å². The molecule has 58 valence electrons. The van der Waals surface area contributed by atoms with Crippen molar-refractivity contribution in [3.63, 3.8) is 0 Å². The molecule has 0 radical (unpaired) electrons. The van der Waals surface area contributed by atoms with E-state index in [9.17, 15) is 0 Å². The summed E-state index contributed by atoms with van der Waals surface area (Å²) in [4.78, 5) is 0. The molecule has 0 aliphatic heterocycles. The Kier molecular flexibility index (Phi) is 2.35. The summed E-state index contributed by atoms with van der Waals surface area (Å²) in [5, 5.41) is 8.74. The molecule has 0 spiro atoms. The minimum absolute atomic E-state index is 0.713. The largest absolute Gasteiger partial charge is 0.336 e. The molecule has 0 fully saturated rings. The van der Waals surface area contributed by atoms with E-state index in [1.54, 1.807) is 0 Å². The van der Waals surface area contributed by atoms with Gasteiger partial charge >= 0.3 is 0 Å². The van der Waals surface area contributed by atoms with Gasteiger partial charge in [0.15, 0.2) is 0 Å². The average Bonchev–Trinajstić information content (AvgIpc) is 2.24. The van der Waals surface area contributed by atoms with Crippen molar-refractivity contribution in [1.29, 1.82) is 5.26 Å². The SMILES string of the molecule is CCn1c(C)cc(Br)c1C#N. The van der Waals surface area contributed by atoms with E-state index in [-0.39, 0.29) is 0 Å². The lowest BCUT2D eigenvalue weighted by atomic mass is 10.4. The third kappa shape index (κ3) is 1.31. The van der Waals surface area contributed by atoms with Crippen LogP contribution in [0.1, 0.15) is 18.3 Å². The fourth-order valence-corrected chi connectivity index (χ4v) is 1.79. The summed E-state index contributed by atoms with van der Waals surface area (Å²) in [5.74, 6) is 0. The van der Waals surface area contributed by atoms with E-state index in [0.29, 0.717) is 5.69 Å². The van der Waals surface area contributed by atoms with Gasteiger partial charge < -0.3 is 4.57 Å². The van der Waals surface area contributed by atoms with Crippen molar-refractivity contribution in [3.8, 4) is 6.07 Å². The van der Waals surface area contributed by atoms with Gasteiger partial charge in [0.1, 0.15) is 11.8 Å². The lowest BCUT2D eigenvalue weighted by Crippen LogP contribution is -1.98. The maximum Gasteiger partial charge on any atom is 0.134 e. The summed E-state index contributed by atoms with van der Waals surface area (Å²) in [5.41, 5.74) is 1.83. The maximum atomic E-state index is 8.74. The first kappa shape index (κ1) is 8.35. The van der Waals surface area contributed by atoms with Crippen LogP contribution in [0.2, 0.25) is 0 Å². The van der Waals surface area contributed by atoms with E-state index in [0.717, 1.165) is 16.7 Å². The standard InChI is InChI=1S/C8H9BrN2/c1-3-11-6(2)4-7(9)8(11)5-10/h4H,3H2,1-2H3. The van der Waals surface area contributed by atoms with Crippen molar-refractivity contribution in [3.05, 3.63) is 21.9 Å². The normalized spacial score (nSPS) is 9.64. The Morgan fingerprint density at radius 1 is 1.73 bits per heavy atom. The molecular formula is C8H9BrN2. The molecule has 0 aliphatic carbocycles. The van der Waals surface area contributed by atoms with Crippen LogP contribution in [0.15, 0.2) is 10.5 Å². The molecule has 0 amide bonds. The highest BCUT2D eigenvalue weighted by Gasteiger charge is 2.07. The number of aromatic nitrogens is 1. The molecule has 0 aromatic carbocycles. The number of nitriles is 1. The van der Waals surface area contributed by atoms with Gasteiger partial charge in [-0.05, 0) is 35.8 Å². The second-order valence-electron chi connectivity index (χ2n) is 2.34. The van der Waals surface area contributed by atoms with Gasteiger partial charge in [0.25, 0.3) is 0 Å². The van der Waals surface area contributed by atoms with Crippen molar-refractivity contribution < 1.29 is 0 Å². The van der Waals surface area contributed by atoms with Gasteiger partial charge in [-0.15, -0.1) is 0 Å². The van der Waals surface area contributed by atoms with Crippen LogP contribution >= 0.6 is 15.9 Å². The number of halogens is 1. The zero-order valence-corrected chi connectivity index (χ0v) is 8.14. The van der Waals surface area contributed by atoms with E-state index >= 15 is 0 Å². The van der Waals surface area contributed by atoms with Crippen LogP contribution in [0.25, 0.3) is 0 Å². The Bertz CT molecular complexity index is 307. The van der Waals surface area contributed by atoms with E-state index in [1.165, 1.54) is 0 Å². The molecule has 0 saturated carbocycles. The van der Waals surface area contributed by atoms with Crippen LogP contribution < -0.4 is 0 Å². The van der Waals surface area contributed by atoms with Gasteiger partial charge in [0.05, 0.1) is 4.47 Å². The highest BCUT2D eigenvalue weighted by molar-refractivity contribution is 9.10. The van der Waals surface area contributed by atoms with E-state index in [1.807, 2.05) is 24.5 Å². The summed E-state index contributed by atoms with van der Waals surface area (Å²) >= 11 is 3.33. The molecule has 1 heterocycles. The predicted molar refractivity (Wildman–Crippen MR) is 47.3 cm³/mol. The highest BCUT2D eigenvalue weighted by Crippen LogP contribution is 2.20. The number of rotatable bonds is 1. The quantitative estimate of drug-likeness (QED) is 0.704. The monoisotopic (exact) mass is 212 g/mol. The Balaban J connectivity index is 3.31. The van der Waals surface area contributed by atoms with Gasteiger partial charge in [-0.1, -0.05) is 0 Å². The van der Waals surface area contributed by atoms with Crippen molar-refractivity contribution >= 4 is 15.9 Å². The van der Waals surface area contributed by atoms with Gasteiger partial charge in [-0.2, -0.15) is 5.26 Å². The molecule has 0 aliphatic rings. The van der Waals surface area contributed by atoms with E-state index in [2.05, 4.69) is 22.0 Å². The fraction of sp³-hybridized carbons (Fsp3) is 0.375. The Morgan fingerprint density at radius 2 is 2.36 bits per heavy atom. The maximum absolute atomic E-state index is 8.74. The van der Waals surface area contributed by atoms with Crippen molar-refractivity contribution in [1.82, 2.24) is 4.57 Å². The average molecular weight is 213 g/mol. The molecule has 2 nitrogen and oxygen atoms in total. The van der Waals surface area contributed by atoms with Gasteiger partial charge in [0.2, 0.25) is 0 Å². The number of aryl methyl sites for hydroxylation is 1. The Labute approximate surface area is 74.6 Å². The van der Waals surface area contributed by atoms with Crippen LogP contribution in [0, 0.1) is 18.3 Å². The smallest absolute Gasteiger partial charge is 0.134 e. The van der Waals surface area contributed by atoms with Crippen LogP contribution in [0.5, 0.6) is 0 Å². The summed E-state index contributed by atoms with van der Waals surface area (Å²) < 4.78 is 2.86. The van der Waals surface area contributed by atoms with Crippen LogP contribution in [0.3, 0.4) is 0 Å². The first-order valence-electron chi connectivity index (χ1n) is 3.46. The number of nitrogens with zero attached hydrogens (tertiary/aromatic N) is 2. The second kappa shape index (κ2) is 3.10. The topological polar surface area (TPSA) is 28.7 Å². The highest BCUT2D eigenvalue weighted by atomic mass is 79.9. The Morgan fingerprint density at radius 3 is 2.73 bits per heavy atom. The fourth-order valence-electron chi connectivity index (χ4n) is 1.16. The molecule has 0 atom stereocenters. The van der Waals surface area contributed by atoms with Gasteiger partial charge in [-0.3, -0.25) is 0 Å². The van der Waals surface area contributed by atoms with Crippen molar-refractivity contribution in [2.75, 3.05) is 0 Å². The van der Waals surface area contributed by atoms with Gasteiger partial charge in [-0.25, -0.2) is 0 Å². The third-order valence-corrected chi connectivity index (χ3v) is 2.28. The first-order valence-corrected chi connectivity index (χ1v) is 4.25. The summed E-state index contributed by atoms with van der Waals surface area (Å²) in [6.07, 6.45) is 0. The summed E-state index contributed by atoms with van der Waals surface area (Å²) in [7, 11) is 0. The van der Waals surface area contributed by atoms with Crippen LogP contribution in [-0.2, 0) is 6.54 Å². The molecular weight excluding hydrogens is 204 g/mol. The zero-order chi connectivity index (χ0) is 8.43. The lowest BCUT2D eigenvalue weighted by molar-refractivity contribution is 0.731. The third-order valence-electron chi connectivity index (χ3n) is 1.68. The Hall–Kier alpha value is -0.750. The second-order valence-corrected chi connectivity index (χ2v) is 3.19. The minimum atomic E-state index is 0.713. The predicted octanol–water partition coefficient (Wildman–Crippen LogP) is 2.45. The molecule has 3 heteroatoms. The molecule has 0 saturated heterocycles. The van der Waals surface area contributed by atoms with Crippen LogP contribution in [-0.4, -0.2) is 4.57 Å². The zero-order valence-electron chi connectivity index (χ0n) is 6.56. The molecule has 1 aromatic heterocycles. The minimum Gasteiger partial charge on any atom is -0.336 e. The molecule has 0 unspecified atom stereocenters. The van der Waals surface area contributed by atoms with E-state index in [4.69, 9.17) is 5.26 Å². The molecule has 0 N–H and O–H groups in total. The van der Waals surface area contributed by atoms with Gasteiger partial charge in [0, 0.05) is 12.2 Å². The summed E-state index contributed by atoms with van der Waals surface area (Å²) in [6.45, 7) is 4.87. The molecule has 11 heavy (non-hydrogen) atoms. The summed E-state index contributed by atoms with van der Waals surface area (Å²) in [6, 6.07) is 4.11. The number of hydrogen-bond donors (Lipinski definition) is 0. The van der Waals surface area contributed by atoms with Crippen molar-refractivity contribution in [2.24, 2.45) is 0 Å². The first-order chi connectivity index (χ1) is 5.20. The lowest BCUT2D eigenvalue weighted by Gasteiger charge is -2.01. The number of hydrogen-bond acceptors (Lipinski definition) is 1. The molecule has 1 aromatic rings. The molecule has 0 bridgehead atoms.